The monoisotopic (exact) mass is 272 g/mol. The zero-order valence-corrected chi connectivity index (χ0v) is 12.0. The molecule has 1 aromatic heterocycles. The van der Waals surface area contributed by atoms with Crippen LogP contribution in [0.5, 0.6) is 0 Å². The summed E-state index contributed by atoms with van der Waals surface area (Å²) in [5.74, 6) is 0. The van der Waals surface area contributed by atoms with Crippen LogP contribution in [-0.4, -0.2) is 25.4 Å². The van der Waals surface area contributed by atoms with Gasteiger partial charge in [-0.2, -0.15) is 0 Å². The Morgan fingerprint density at radius 1 is 1.35 bits per heavy atom. The fraction of sp³-hybridized carbons (Fsp3) is 0.583. The average Bonchev–Trinajstić information content (AvgIpc) is 2.80. The lowest BCUT2D eigenvalue weighted by Crippen LogP contribution is -2.35. The molecule has 5 heteroatoms. The van der Waals surface area contributed by atoms with Gasteiger partial charge in [0.05, 0.1) is 6.54 Å². The van der Waals surface area contributed by atoms with Crippen molar-refractivity contribution in [2.45, 2.75) is 26.3 Å². The van der Waals surface area contributed by atoms with Crippen LogP contribution >= 0.6 is 23.6 Å². The van der Waals surface area contributed by atoms with E-state index in [2.05, 4.69) is 29.7 Å². The molecule has 2 N–H and O–H groups in total. The molecule has 0 aliphatic heterocycles. The first kappa shape index (κ1) is 14.4. The van der Waals surface area contributed by atoms with Crippen LogP contribution in [0.25, 0.3) is 0 Å². The Morgan fingerprint density at radius 2 is 2.12 bits per heavy atom. The van der Waals surface area contributed by atoms with Crippen LogP contribution in [0, 0.1) is 0 Å². The van der Waals surface area contributed by atoms with Gasteiger partial charge >= 0.3 is 0 Å². The van der Waals surface area contributed by atoms with Crippen molar-refractivity contribution >= 4 is 28.7 Å². The van der Waals surface area contributed by atoms with Crippen LogP contribution in [0.1, 0.15) is 23.1 Å². The molecule has 0 saturated heterocycles. The highest BCUT2D eigenvalue weighted by molar-refractivity contribution is 7.80. The summed E-state index contributed by atoms with van der Waals surface area (Å²) in [5.41, 5.74) is 0. The molecule has 17 heavy (non-hydrogen) atoms. The molecule has 96 valence electrons. The number of nitrogens with one attached hydrogen (secondary N) is 2. The van der Waals surface area contributed by atoms with E-state index < -0.39 is 0 Å². The Balaban J connectivity index is 2.14. The number of hydrogen-bond acceptors (Lipinski definition) is 3. The molecule has 1 heterocycles. The van der Waals surface area contributed by atoms with E-state index in [0.29, 0.717) is 5.11 Å². The number of hydrogen-bond donors (Lipinski definition) is 2. The van der Waals surface area contributed by atoms with E-state index in [1.54, 1.807) is 7.11 Å². The number of rotatable bonds is 7. The molecule has 0 aliphatic rings. The van der Waals surface area contributed by atoms with E-state index >= 15 is 0 Å². The first-order valence-corrected chi connectivity index (χ1v) is 7.07. The van der Waals surface area contributed by atoms with E-state index in [0.717, 1.165) is 32.5 Å². The number of aryl methyl sites for hydroxylation is 1. The van der Waals surface area contributed by atoms with E-state index in [4.69, 9.17) is 17.0 Å². The predicted octanol–water partition coefficient (Wildman–Crippen LogP) is 2.31. The molecule has 0 saturated carbocycles. The third-order valence-corrected chi connectivity index (χ3v) is 3.82. The van der Waals surface area contributed by atoms with Crippen LogP contribution in [0.2, 0.25) is 0 Å². The number of ether oxygens (including phenoxy) is 1. The van der Waals surface area contributed by atoms with Gasteiger partial charge in [-0.25, -0.2) is 0 Å². The van der Waals surface area contributed by atoms with Crippen molar-refractivity contribution in [3.05, 3.63) is 21.9 Å². The maximum atomic E-state index is 5.18. The molecular weight excluding hydrogens is 252 g/mol. The molecule has 1 aromatic rings. The standard InChI is InChI=1S/C12H20N2OS2/c1-3-10-5-6-11(17-10)9-14-12(16)13-7-4-8-15-2/h5-6H,3-4,7-9H2,1-2H3,(H2,13,14,16). The zero-order chi connectivity index (χ0) is 12.5. The highest BCUT2D eigenvalue weighted by Crippen LogP contribution is 2.16. The van der Waals surface area contributed by atoms with Gasteiger partial charge < -0.3 is 15.4 Å². The molecule has 0 aromatic carbocycles. The fourth-order valence-corrected chi connectivity index (χ4v) is 2.43. The Hall–Kier alpha value is -0.650. The molecule has 1 rings (SSSR count). The molecule has 0 atom stereocenters. The van der Waals surface area contributed by atoms with Crippen molar-refractivity contribution in [3.8, 4) is 0 Å². The summed E-state index contributed by atoms with van der Waals surface area (Å²) in [6, 6.07) is 4.33. The molecule has 0 unspecified atom stereocenters. The minimum absolute atomic E-state index is 0.715. The first-order valence-electron chi connectivity index (χ1n) is 5.84. The van der Waals surface area contributed by atoms with E-state index in [-0.39, 0.29) is 0 Å². The van der Waals surface area contributed by atoms with Crippen LogP contribution in [0.3, 0.4) is 0 Å². The third-order valence-electron chi connectivity index (χ3n) is 2.30. The van der Waals surface area contributed by atoms with Crippen LogP contribution < -0.4 is 10.6 Å². The highest BCUT2D eigenvalue weighted by atomic mass is 32.1. The van der Waals surface area contributed by atoms with Crippen LogP contribution in [0.4, 0.5) is 0 Å². The van der Waals surface area contributed by atoms with Gasteiger partial charge in [-0.05, 0) is 37.2 Å². The maximum absolute atomic E-state index is 5.18. The molecular formula is C12H20N2OS2. The SMILES string of the molecule is CCc1ccc(CNC(=S)NCCCOC)s1. The summed E-state index contributed by atoms with van der Waals surface area (Å²) in [6.07, 6.45) is 2.07. The van der Waals surface area contributed by atoms with Crippen molar-refractivity contribution in [3.63, 3.8) is 0 Å². The Kier molecular flexibility index (Phi) is 7.16. The second kappa shape index (κ2) is 8.44. The topological polar surface area (TPSA) is 33.3 Å². The molecule has 0 aliphatic carbocycles. The van der Waals surface area contributed by atoms with Gasteiger partial charge in [0, 0.05) is 30.0 Å². The van der Waals surface area contributed by atoms with Gasteiger partial charge in [0.2, 0.25) is 0 Å². The number of methoxy groups -OCH3 is 1. The second-order valence-corrected chi connectivity index (χ2v) is 5.34. The van der Waals surface area contributed by atoms with Gasteiger partial charge in [-0.15, -0.1) is 11.3 Å². The van der Waals surface area contributed by atoms with E-state index in [1.807, 2.05) is 11.3 Å². The lowest BCUT2D eigenvalue weighted by atomic mass is 10.4. The van der Waals surface area contributed by atoms with Gasteiger partial charge in [0.25, 0.3) is 0 Å². The molecule has 0 radical (unpaired) electrons. The molecule has 0 amide bonds. The summed E-state index contributed by atoms with van der Waals surface area (Å²) in [5, 5.41) is 7.07. The van der Waals surface area contributed by atoms with Crippen molar-refractivity contribution in [1.82, 2.24) is 10.6 Å². The maximum Gasteiger partial charge on any atom is 0.166 e. The van der Waals surface area contributed by atoms with Crippen molar-refractivity contribution in [2.75, 3.05) is 20.3 Å². The largest absolute Gasteiger partial charge is 0.385 e. The minimum Gasteiger partial charge on any atom is -0.385 e. The van der Waals surface area contributed by atoms with E-state index in [9.17, 15) is 0 Å². The molecule has 0 spiro atoms. The van der Waals surface area contributed by atoms with Crippen molar-refractivity contribution in [2.24, 2.45) is 0 Å². The Bertz CT molecular complexity index is 339. The lowest BCUT2D eigenvalue weighted by molar-refractivity contribution is 0.195. The zero-order valence-electron chi connectivity index (χ0n) is 10.4. The van der Waals surface area contributed by atoms with Gasteiger partial charge in [-0.3, -0.25) is 0 Å². The molecule has 0 fully saturated rings. The fourth-order valence-electron chi connectivity index (χ4n) is 1.36. The highest BCUT2D eigenvalue weighted by Gasteiger charge is 1.99. The summed E-state index contributed by atoms with van der Waals surface area (Å²) in [7, 11) is 1.71. The van der Waals surface area contributed by atoms with Crippen molar-refractivity contribution in [1.29, 1.82) is 0 Å². The molecule has 3 nitrogen and oxygen atoms in total. The minimum atomic E-state index is 0.715. The second-order valence-electron chi connectivity index (χ2n) is 3.68. The Labute approximate surface area is 113 Å². The number of thiocarbonyl (C=S) groups is 1. The van der Waals surface area contributed by atoms with Crippen LogP contribution in [0.15, 0.2) is 12.1 Å². The summed E-state index contributed by atoms with van der Waals surface area (Å²) < 4.78 is 4.97. The summed E-state index contributed by atoms with van der Waals surface area (Å²) in [4.78, 5) is 2.74. The third kappa shape index (κ3) is 6.00. The predicted molar refractivity (Wildman–Crippen MR) is 77.6 cm³/mol. The van der Waals surface area contributed by atoms with Gasteiger partial charge in [0.15, 0.2) is 5.11 Å². The summed E-state index contributed by atoms with van der Waals surface area (Å²) in [6.45, 7) is 4.59. The van der Waals surface area contributed by atoms with Gasteiger partial charge in [0.1, 0.15) is 0 Å². The Morgan fingerprint density at radius 3 is 2.76 bits per heavy atom. The normalized spacial score (nSPS) is 10.2. The number of thiophene rings is 1. The van der Waals surface area contributed by atoms with Gasteiger partial charge in [-0.1, -0.05) is 6.92 Å². The van der Waals surface area contributed by atoms with Crippen LogP contribution in [-0.2, 0) is 17.7 Å². The van der Waals surface area contributed by atoms with E-state index in [1.165, 1.54) is 9.75 Å². The quantitative estimate of drug-likeness (QED) is 0.589. The molecule has 0 bridgehead atoms. The van der Waals surface area contributed by atoms with Crippen molar-refractivity contribution < 1.29 is 4.74 Å². The smallest absolute Gasteiger partial charge is 0.166 e. The average molecular weight is 272 g/mol. The lowest BCUT2D eigenvalue weighted by Gasteiger charge is -2.09. The first-order chi connectivity index (χ1) is 8.26. The summed E-state index contributed by atoms with van der Waals surface area (Å²) >= 11 is 7.02.